The number of nitrogens with zero attached hydrogens (tertiary/aromatic N) is 2. The molecule has 0 aliphatic carbocycles. The smallest absolute Gasteiger partial charge is 0.170 e. The lowest BCUT2D eigenvalue weighted by Gasteiger charge is -2.42. The Morgan fingerprint density at radius 2 is 1.97 bits per heavy atom. The summed E-state index contributed by atoms with van der Waals surface area (Å²) in [6, 6.07) is 11.7. The number of fused-ring (bicyclic) bond motifs is 3. The molecule has 0 spiro atoms. The van der Waals surface area contributed by atoms with Crippen LogP contribution in [-0.4, -0.2) is 40.6 Å². The number of benzene rings is 2. The first-order chi connectivity index (χ1) is 15.4. The number of hydrogen-bond donors (Lipinski definition) is 0. The van der Waals surface area contributed by atoms with Crippen LogP contribution in [0.4, 0.5) is 4.39 Å². The molecule has 0 saturated carbocycles. The van der Waals surface area contributed by atoms with Crippen LogP contribution in [0.1, 0.15) is 67.1 Å². The number of Topliss-reactive ketones (excluding diaryl/α,β-unsaturated/α-hetero) is 1. The zero-order valence-electron chi connectivity index (χ0n) is 18.8. The van der Waals surface area contributed by atoms with E-state index >= 15 is 0 Å². The summed E-state index contributed by atoms with van der Waals surface area (Å²) in [5.74, 6) is 0.926. The Hall–Kier alpha value is -2.73. The molecule has 2 saturated heterocycles. The molecule has 0 radical (unpaired) electrons. The number of halogens is 1. The minimum absolute atomic E-state index is 0.0758. The lowest BCUT2D eigenvalue weighted by molar-refractivity contribution is 0.0572. The van der Waals surface area contributed by atoms with Crippen LogP contribution in [0, 0.1) is 12.7 Å². The van der Waals surface area contributed by atoms with Crippen LogP contribution >= 0.6 is 0 Å². The average Bonchev–Trinajstić information content (AvgIpc) is 3.29. The van der Waals surface area contributed by atoms with Crippen molar-refractivity contribution in [3.8, 4) is 5.75 Å². The van der Waals surface area contributed by atoms with Gasteiger partial charge in [-0.15, -0.1) is 0 Å². The number of aromatic nitrogens is 1. The van der Waals surface area contributed by atoms with Gasteiger partial charge in [-0.05, 0) is 82.3 Å². The Bertz CT molecular complexity index is 1140. The molecule has 2 aromatic carbocycles. The normalized spacial score (nSPS) is 24.1. The minimum atomic E-state index is -0.296. The molecule has 5 rings (SSSR count). The van der Waals surface area contributed by atoms with Crippen molar-refractivity contribution in [2.75, 3.05) is 6.61 Å². The van der Waals surface area contributed by atoms with Crippen LogP contribution in [0.25, 0.3) is 11.0 Å². The van der Waals surface area contributed by atoms with Crippen molar-refractivity contribution in [2.24, 2.45) is 0 Å². The van der Waals surface area contributed by atoms with Gasteiger partial charge in [0.1, 0.15) is 18.2 Å². The molecule has 6 heteroatoms. The van der Waals surface area contributed by atoms with Gasteiger partial charge in [0, 0.05) is 41.1 Å². The summed E-state index contributed by atoms with van der Waals surface area (Å²) in [6.45, 7) is 6.38. The van der Waals surface area contributed by atoms with E-state index < -0.39 is 0 Å². The van der Waals surface area contributed by atoms with Crippen molar-refractivity contribution in [1.82, 2.24) is 10.1 Å². The summed E-state index contributed by atoms with van der Waals surface area (Å²) >= 11 is 0. The molecule has 168 valence electrons. The van der Waals surface area contributed by atoms with Gasteiger partial charge in [0.2, 0.25) is 0 Å². The first-order valence-corrected chi connectivity index (χ1v) is 11.5. The Kier molecular flexibility index (Phi) is 5.49. The maximum Gasteiger partial charge on any atom is 0.170 e. The van der Waals surface area contributed by atoms with E-state index in [9.17, 15) is 9.18 Å². The summed E-state index contributed by atoms with van der Waals surface area (Å²) in [7, 11) is 0. The second-order valence-corrected chi connectivity index (χ2v) is 9.40. The van der Waals surface area contributed by atoms with E-state index in [0.717, 1.165) is 40.8 Å². The monoisotopic (exact) mass is 436 g/mol. The number of rotatable bonds is 6. The molecule has 32 heavy (non-hydrogen) atoms. The molecule has 0 amide bonds. The lowest BCUT2D eigenvalue weighted by Crippen LogP contribution is -2.49. The van der Waals surface area contributed by atoms with E-state index in [4.69, 9.17) is 9.26 Å². The topological polar surface area (TPSA) is 55.6 Å². The first kappa shape index (κ1) is 21.1. The van der Waals surface area contributed by atoms with Crippen molar-refractivity contribution in [3.05, 3.63) is 59.0 Å². The fourth-order valence-electron chi connectivity index (χ4n) is 5.81. The summed E-state index contributed by atoms with van der Waals surface area (Å²) in [4.78, 5) is 14.3. The molecule has 3 unspecified atom stereocenters. The van der Waals surface area contributed by atoms with E-state index in [-0.39, 0.29) is 11.6 Å². The van der Waals surface area contributed by atoms with Gasteiger partial charge in [-0.1, -0.05) is 5.16 Å². The van der Waals surface area contributed by atoms with E-state index in [1.807, 2.05) is 25.1 Å². The largest absolute Gasteiger partial charge is 0.492 e. The zero-order chi connectivity index (χ0) is 22.4. The van der Waals surface area contributed by atoms with Crippen LogP contribution in [-0.2, 0) is 0 Å². The fourth-order valence-corrected chi connectivity index (χ4v) is 5.81. The van der Waals surface area contributed by atoms with Crippen molar-refractivity contribution >= 4 is 16.8 Å². The standard InChI is InChI=1S/C26H29FN2O3/c1-15-10-22(7-9-23(15)17(3)30)31-14-16(2)29-20-5-6-21(29)12-18(11-20)26-24-8-4-19(27)13-25(24)32-28-26/h4,7-10,13,16,18,20-21H,5-6,11-12,14H2,1-3H3. The van der Waals surface area contributed by atoms with Gasteiger partial charge in [-0.3, -0.25) is 9.69 Å². The van der Waals surface area contributed by atoms with Crippen LogP contribution in [0.15, 0.2) is 40.9 Å². The first-order valence-electron chi connectivity index (χ1n) is 11.5. The average molecular weight is 437 g/mol. The number of ketones is 1. The Balaban J connectivity index is 1.25. The number of carbonyl (C=O) groups is 1. The van der Waals surface area contributed by atoms with Crippen LogP contribution in [0.3, 0.4) is 0 Å². The van der Waals surface area contributed by atoms with Crippen molar-refractivity contribution < 1.29 is 18.4 Å². The Morgan fingerprint density at radius 1 is 1.22 bits per heavy atom. The highest BCUT2D eigenvalue weighted by Gasteiger charge is 2.44. The maximum absolute atomic E-state index is 13.5. The quantitative estimate of drug-likeness (QED) is 0.467. The number of carbonyl (C=O) groups excluding carboxylic acids is 1. The van der Waals surface area contributed by atoms with Crippen LogP contribution in [0.2, 0.25) is 0 Å². The highest BCUT2D eigenvalue weighted by Crippen LogP contribution is 2.45. The summed E-state index contributed by atoms with van der Waals surface area (Å²) in [5.41, 5.74) is 3.20. The second kappa shape index (κ2) is 8.32. The van der Waals surface area contributed by atoms with Crippen LogP contribution in [0.5, 0.6) is 5.75 Å². The molecule has 5 nitrogen and oxygen atoms in total. The van der Waals surface area contributed by atoms with E-state index in [0.29, 0.717) is 36.2 Å². The number of ether oxygens (including phenoxy) is 1. The lowest BCUT2D eigenvalue weighted by atomic mass is 9.86. The summed E-state index contributed by atoms with van der Waals surface area (Å²) < 4.78 is 25.1. The van der Waals surface area contributed by atoms with Crippen molar-refractivity contribution in [1.29, 1.82) is 0 Å². The summed E-state index contributed by atoms with van der Waals surface area (Å²) in [5, 5.41) is 5.26. The van der Waals surface area contributed by atoms with Gasteiger partial charge in [-0.25, -0.2) is 4.39 Å². The maximum atomic E-state index is 13.5. The minimum Gasteiger partial charge on any atom is -0.492 e. The molecule has 3 atom stereocenters. The molecule has 2 aliphatic heterocycles. The van der Waals surface area contributed by atoms with E-state index in [1.165, 1.54) is 25.0 Å². The SMILES string of the molecule is CC(=O)c1ccc(OCC(C)N2C3CCC2CC(c2noc4cc(F)ccc24)C3)cc1C. The van der Waals surface area contributed by atoms with Gasteiger partial charge in [0.05, 0.1) is 5.69 Å². The van der Waals surface area contributed by atoms with Crippen LogP contribution < -0.4 is 4.74 Å². The highest BCUT2D eigenvalue weighted by atomic mass is 19.1. The highest BCUT2D eigenvalue weighted by molar-refractivity contribution is 5.95. The summed E-state index contributed by atoms with van der Waals surface area (Å²) in [6.07, 6.45) is 4.43. The third-order valence-electron chi connectivity index (χ3n) is 7.22. The van der Waals surface area contributed by atoms with Crippen molar-refractivity contribution in [2.45, 2.75) is 70.5 Å². The molecule has 1 aromatic heterocycles. The third kappa shape index (κ3) is 3.81. The van der Waals surface area contributed by atoms with Gasteiger partial charge >= 0.3 is 0 Å². The van der Waals surface area contributed by atoms with Crippen molar-refractivity contribution in [3.63, 3.8) is 0 Å². The molecular formula is C26H29FN2O3. The fraction of sp³-hybridized carbons (Fsp3) is 0.462. The second-order valence-electron chi connectivity index (χ2n) is 9.40. The van der Waals surface area contributed by atoms with Gasteiger partial charge < -0.3 is 9.26 Å². The molecular weight excluding hydrogens is 407 g/mol. The van der Waals surface area contributed by atoms with E-state index in [2.05, 4.69) is 17.0 Å². The van der Waals surface area contributed by atoms with E-state index in [1.54, 1.807) is 13.0 Å². The number of aryl methyl sites for hydroxylation is 1. The number of piperidine rings is 1. The van der Waals surface area contributed by atoms with Gasteiger partial charge in [0.15, 0.2) is 11.4 Å². The third-order valence-corrected chi connectivity index (χ3v) is 7.22. The van der Waals surface area contributed by atoms with Gasteiger partial charge in [-0.2, -0.15) is 0 Å². The Morgan fingerprint density at radius 3 is 2.66 bits per heavy atom. The molecule has 3 heterocycles. The predicted octanol–water partition coefficient (Wildman–Crippen LogP) is 5.66. The zero-order valence-corrected chi connectivity index (χ0v) is 18.8. The molecule has 2 aliphatic rings. The molecule has 2 fully saturated rings. The van der Waals surface area contributed by atoms with Gasteiger partial charge in [0.25, 0.3) is 0 Å². The number of hydrogen-bond acceptors (Lipinski definition) is 5. The molecule has 2 bridgehead atoms. The molecule has 3 aromatic rings. The predicted molar refractivity (Wildman–Crippen MR) is 121 cm³/mol. The molecule has 0 N–H and O–H groups in total. The Labute approximate surface area is 187 Å².